The van der Waals surface area contributed by atoms with Gasteiger partial charge in [0.25, 0.3) is 0 Å². The van der Waals surface area contributed by atoms with E-state index in [1.54, 1.807) is 10.6 Å². The summed E-state index contributed by atoms with van der Waals surface area (Å²) in [5, 5.41) is 21.7. The molecule has 0 bridgehead atoms. The highest BCUT2D eigenvalue weighted by Gasteiger charge is 2.45. The molecule has 11 heteroatoms. The zero-order valence-electron chi connectivity index (χ0n) is 17.8. The Balaban J connectivity index is 1.85. The van der Waals surface area contributed by atoms with E-state index in [0.29, 0.717) is 35.5 Å². The first kappa shape index (κ1) is 24.3. The van der Waals surface area contributed by atoms with Gasteiger partial charge in [0.15, 0.2) is 12.8 Å². The quantitative estimate of drug-likeness (QED) is 0.182. The van der Waals surface area contributed by atoms with Crippen LogP contribution in [-0.2, 0) is 19.0 Å². The van der Waals surface area contributed by atoms with Gasteiger partial charge in [-0.05, 0) is 30.6 Å². The molecule has 1 aliphatic rings. The number of hydrogen-bond acceptors (Lipinski definition) is 10. The number of fused-ring (bicyclic) bond motifs is 1. The van der Waals surface area contributed by atoms with Gasteiger partial charge in [0.2, 0.25) is 0 Å². The van der Waals surface area contributed by atoms with Crippen LogP contribution in [0.15, 0.2) is 12.4 Å². The molecule has 0 amide bonds. The van der Waals surface area contributed by atoms with Crippen molar-refractivity contribution in [3.63, 3.8) is 0 Å². The van der Waals surface area contributed by atoms with Crippen molar-refractivity contribution in [2.24, 2.45) is 0 Å². The highest BCUT2D eigenvalue weighted by Crippen LogP contribution is 2.34. The fraction of sp³-hybridized carbons (Fsp3) is 0.571. The number of hydrogen-bond donors (Lipinski definition) is 4. The van der Waals surface area contributed by atoms with E-state index in [9.17, 15) is 15.0 Å². The SMILES string of the molecule is CCCOCC1OC(n2c(C#CCOC(=O)CCCS)cc3c(N)ncnc32)C(O)C1O. The van der Waals surface area contributed by atoms with Crippen LogP contribution >= 0.6 is 12.6 Å². The number of nitrogens with two attached hydrogens (primary N) is 1. The molecule has 3 rings (SSSR count). The standard InChI is InChI=1S/C21H28N4O6S/c1-2-7-29-11-15-17(27)18(28)21(31-15)25-13(5-3-8-30-16(26)6-4-9-32)10-14-19(22)23-12-24-20(14)25/h10,12,15,17-18,21,27-28,32H,2,4,6-9,11H2,1H3,(H2,22,23,24). The van der Waals surface area contributed by atoms with Crippen LogP contribution in [0.3, 0.4) is 0 Å². The number of anilines is 1. The summed E-state index contributed by atoms with van der Waals surface area (Å²) in [4.78, 5) is 19.9. The Morgan fingerprint density at radius 1 is 1.38 bits per heavy atom. The Labute approximate surface area is 191 Å². The first-order valence-corrected chi connectivity index (χ1v) is 11.1. The molecule has 1 aliphatic heterocycles. The predicted molar refractivity (Wildman–Crippen MR) is 120 cm³/mol. The monoisotopic (exact) mass is 464 g/mol. The van der Waals surface area contributed by atoms with Crippen LogP contribution in [-0.4, -0.2) is 74.6 Å². The van der Waals surface area contributed by atoms with Gasteiger partial charge in [-0.3, -0.25) is 9.36 Å². The number of aliphatic hydroxyl groups excluding tert-OH is 2. The van der Waals surface area contributed by atoms with Gasteiger partial charge in [-0.2, -0.15) is 12.6 Å². The van der Waals surface area contributed by atoms with E-state index in [1.165, 1.54) is 6.33 Å². The van der Waals surface area contributed by atoms with Gasteiger partial charge in [-0.1, -0.05) is 12.8 Å². The van der Waals surface area contributed by atoms with E-state index in [1.807, 2.05) is 6.92 Å². The fourth-order valence-corrected chi connectivity index (χ4v) is 3.52. The summed E-state index contributed by atoms with van der Waals surface area (Å²) in [5.74, 6) is 6.19. The summed E-state index contributed by atoms with van der Waals surface area (Å²) in [5.41, 5.74) is 6.81. The molecule has 10 nitrogen and oxygen atoms in total. The van der Waals surface area contributed by atoms with E-state index >= 15 is 0 Å². The molecule has 32 heavy (non-hydrogen) atoms. The maximum absolute atomic E-state index is 11.6. The maximum Gasteiger partial charge on any atom is 0.306 e. The van der Waals surface area contributed by atoms with Crippen LogP contribution in [0, 0.1) is 11.8 Å². The Bertz CT molecular complexity index is 988. The third kappa shape index (κ3) is 5.51. The predicted octanol–water partition coefficient (Wildman–Crippen LogP) is 0.664. The van der Waals surface area contributed by atoms with Crippen molar-refractivity contribution in [3.05, 3.63) is 18.1 Å². The lowest BCUT2D eigenvalue weighted by Crippen LogP contribution is -2.34. The average Bonchev–Trinajstić information content (AvgIpc) is 3.28. The summed E-state index contributed by atoms with van der Waals surface area (Å²) >= 11 is 4.06. The number of nitrogen functional groups attached to an aromatic ring is 1. The molecule has 1 saturated heterocycles. The normalized spacial score (nSPS) is 22.6. The molecule has 0 saturated carbocycles. The van der Waals surface area contributed by atoms with Gasteiger partial charge in [-0.25, -0.2) is 9.97 Å². The van der Waals surface area contributed by atoms with Crippen molar-refractivity contribution >= 4 is 35.4 Å². The lowest BCUT2D eigenvalue weighted by Gasteiger charge is -2.19. The molecule has 1 fully saturated rings. The third-order valence-corrected chi connectivity index (χ3v) is 5.26. The Hall–Kier alpha value is -2.36. The minimum atomic E-state index is -1.24. The van der Waals surface area contributed by atoms with Crippen LogP contribution < -0.4 is 5.73 Å². The topological polar surface area (TPSA) is 142 Å². The van der Waals surface area contributed by atoms with Gasteiger partial charge in [0, 0.05) is 13.0 Å². The van der Waals surface area contributed by atoms with Gasteiger partial charge >= 0.3 is 5.97 Å². The molecule has 174 valence electrons. The summed E-state index contributed by atoms with van der Waals surface area (Å²) in [6.07, 6.45) is -1.04. The lowest BCUT2D eigenvalue weighted by atomic mass is 10.1. The Morgan fingerprint density at radius 2 is 2.19 bits per heavy atom. The number of ether oxygens (including phenoxy) is 3. The van der Waals surface area contributed by atoms with E-state index in [0.717, 1.165) is 6.42 Å². The van der Waals surface area contributed by atoms with Crippen molar-refractivity contribution < 1.29 is 29.2 Å². The smallest absolute Gasteiger partial charge is 0.306 e. The third-order valence-electron chi connectivity index (χ3n) is 4.95. The van der Waals surface area contributed by atoms with Crippen molar-refractivity contribution in [1.82, 2.24) is 14.5 Å². The maximum atomic E-state index is 11.6. The van der Waals surface area contributed by atoms with Crippen molar-refractivity contribution in [3.8, 4) is 11.8 Å². The van der Waals surface area contributed by atoms with Crippen LogP contribution in [0.1, 0.15) is 38.1 Å². The second-order valence-corrected chi connectivity index (χ2v) is 7.75. The van der Waals surface area contributed by atoms with Crippen LogP contribution in [0.2, 0.25) is 0 Å². The molecule has 0 spiro atoms. The molecular weight excluding hydrogens is 436 g/mol. The molecule has 4 atom stereocenters. The van der Waals surface area contributed by atoms with E-state index in [4.69, 9.17) is 19.9 Å². The molecule has 2 aromatic heterocycles. The van der Waals surface area contributed by atoms with Crippen LogP contribution in [0.5, 0.6) is 0 Å². The molecule has 0 aromatic carbocycles. The molecular formula is C21H28N4O6S. The zero-order chi connectivity index (χ0) is 23.1. The van der Waals surface area contributed by atoms with E-state index in [-0.39, 0.29) is 31.4 Å². The van der Waals surface area contributed by atoms with Gasteiger partial charge in [0.05, 0.1) is 17.7 Å². The minimum absolute atomic E-state index is 0.0989. The van der Waals surface area contributed by atoms with Gasteiger partial charge in [-0.15, -0.1) is 0 Å². The number of carbonyl (C=O) groups excluding carboxylic acids is 1. The summed E-state index contributed by atoms with van der Waals surface area (Å²) in [6.45, 7) is 2.54. The Kier molecular flexibility index (Phi) is 8.72. The highest BCUT2D eigenvalue weighted by atomic mass is 32.1. The van der Waals surface area contributed by atoms with Gasteiger partial charge in [0.1, 0.15) is 36.1 Å². The van der Waals surface area contributed by atoms with Gasteiger partial charge < -0.3 is 30.2 Å². The van der Waals surface area contributed by atoms with Crippen molar-refractivity contribution in [1.29, 1.82) is 0 Å². The number of esters is 1. The number of thiol groups is 1. The second-order valence-electron chi connectivity index (χ2n) is 7.31. The Morgan fingerprint density at radius 3 is 2.94 bits per heavy atom. The fourth-order valence-electron chi connectivity index (χ4n) is 3.37. The number of aromatic nitrogens is 3. The molecule has 2 aromatic rings. The van der Waals surface area contributed by atoms with Crippen molar-refractivity contribution in [2.45, 2.75) is 50.7 Å². The molecule has 0 aliphatic carbocycles. The van der Waals surface area contributed by atoms with Crippen LogP contribution in [0.4, 0.5) is 5.82 Å². The first-order chi connectivity index (χ1) is 15.5. The summed E-state index contributed by atoms with van der Waals surface area (Å²) in [7, 11) is 0. The van der Waals surface area contributed by atoms with Crippen LogP contribution in [0.25, 0.3) is 11.0 Å². The number of carbonyl (C=O) groups is 1. The molecule has 4 unspecified atom stereocenters. The largest absolute Gasteiger partial charge is 0.452 e. The second kappa shape index (κ2) is 11.5. The molecule has 3 heterocycles. The molecule has 0 radical (unpaired) electrons. The number of rotatable bonds is 9. The van der Waals surface area contributed by atoms with E-state index in [2.05, 4.69) is 34.4 Å². The summed E-state index contributed by atoms with van der Waals surface area (Å²) < 4.78 is 18.1. The lowest BCUT2D eigenvalue weighted by molar-refractivity contribution is -0.142. The minimum Gasteiger partial charge on any atom is -0.452 e. The number of nitrogens with zero attached hydrogens (tertiary/aromatic N) is 3. The summed E-state index contributed by atoms with van der Waals surface area (Å²) in [6, 6.07) is 1.67. The highest BCUT2D eigenvalue weighted by molar-refractivity contribution is 7.80. The molecule has 4 N–H and O–H groups in total. The zero-order valence-corrected chi connectivity index (χ0v) is 18.7. The van der Waals surface area contributed by atoms with Crippen molar-refractivity contribution in [2.75, 3.05) is 31.3 Å². The first-order valence-electron chi connectivity index (χ1n) is 10.4. The number of aliphatic hydroxyl groups is 2. The average molecular weight is 465 g/mol. The van der Waals surface area contributed by atoms with E-state index < -0.39 is 24.5 Å².